The fourth-order valence-corrected chi connectivity index (χ4v) is 3.05. The zero-order chi connectivity index (χ0) is 15.1. The van der Waals surface area contributed by atoms with E-state index in [2.05, 4.69) is 56.2 Å². The molecule has 0 spiro atoms. The highest BCUT2D eigenvalue weighted by Crippen LogP contribution is 2.27. The topological polar surface area (TPSA) is 58.1 Å². The largest absolute Gasteiger partial charge is 0.355 e. The Bertz CT molecular complexity index is 498. The van der Waals surface area contributed by atoms with Crippen LogP contribution in [-0.4, -0.2) is 38.3 Å². The Hall–Kier alpha value is -1.17. The van der Waals surface area contributed by atoms with Crippen molar-refractivity contribution in [2.24, 2.45) is 0 Å². The van der Waals surface area contributed by atoms with Gasteiger partial charge in [-0.25, -0.2) is 4.98 Å². The highest BCUT2D eigenvalue weighted by molar-refractivity contribution is 7.09. The third-order valence-electron chi connectivity index (χ3n) is 3.36. The smallest absolute Gasteiger partial charge is 0.225 e. The van der Waals surface area contributed by atoms with E-state index < -0.39 is 0 Å². The first-order valence-corrected chi connectivity index (χ1v) is 7.76. The number of nitrogens with zero attached hydrogens (tertiary/aromatic N) is 3. The summed E-state index contributed by atoms with van der Waals surface area (Å²) < 4.78 is 4.39. The highest BCUT2D eigenvalue weighted by atomic mass is 32.1. The summed E-state index contributed by atoms with van der Waals surface area (Å²) in [6.07, 6.45) is 0.529. The average Bonchev–Trinajstić information content (AvgIpc) is 2.84. The Morgan fingerprint density at radius 3 is 2.35 bits per heavy atom. The summed E-state index contributed by atoms with van der Waals surface area (Å²) >= 11 is 1.37. The Morgan fingerprint density at radius 2 is 1.90 bits per heavy atom. The number of carbonyl (C=O) groups excluding carboxylic acids is 1. The third-order valence-corrected chi connectivity index (χ3v) is 4.01. The van der Waals surface area contributed by atoms with Crippen molar-refractivity contribution in [3.63, 3.8) is 0 Å². The predicted molar refractivity (Wildman–Crippen MR) is 82.1 cm³/mol. The fraction of sp³-hybridized carbons (Fsp3) is 0.786. The molecule has 1 amide bonds. The van der Waals surface area contributed by atoms with E-state index in [4.69, 9.17) is 0 Å². The van der Waals surface area contributed by atoms with E-state index >= 15 is 0 Å². The van der Waals surface area contributed by atoms with Gasteiger partial charge in [-0.2, -0.15) is 4.37 Å². The van der Waals surface area contributed by atoms with Crippen LogP contribution >= 0.6 is 11.5 Å². The molecule has 5 nitrogen and oxygen atoms in total. The number of amides is 1. The van der Waals surface area contributed by atoms with Crippen molar-refractivity contribution in [3.05, 3.63) is 5.82 Å². The summed E-state index contributed by atoms with van der Waals surface area (Å²) in [7, 11) is 0. The standard InChI is InChI=1S/C14H24N4OS/c1-13(2,3)11-16-12(20-17-11)15-9-7-10(19)18(8-9)14(4,5)6/h9H,7-8H2,1-6H3,(H,15,16,17)/t9-/m0/s1. The molecular formula is C14H24N4OS. The summed E-state index contributed by atoms with van der Waals surface area (Å²) in [5.41, 5.74) is -0.162. The van der Waals surface area contributed by atoms with Crippen molar-refractivity contribution in [2.75, 3.05) is 11.9 Å². The van der Waals surface area contributed by atoms with Gasteiger partial charge in [-0.15, -0.1) is 0 Å². The number of hydrogen-bond acceptors (Lipinski definition) is 5. The lowest BCUT2D eigenvalue weighted by Crippen LogP contribution is -2.43. The van der Waals surface area contributed by atoms with Gasteiger partial charge in [-0.1, -0.05) is 20.8 Å². The maximum atomic E-state index is 12.0. The normalized spacial score (nSPS) is 20.6. The van der Waals surface area contributed by atoms with Crippen LogP contribution in [0.3, 0.4) is 0 Å². The summed E-state index contributed by atoms with van der Waals surface area (Å²) in [4.78, 5) is 18.5. The van der Waals surface area contributed by atoms with Crippen molar-refractivity contribution in [1.29, 1.82) is 0 Å². The van der Waals surface area contributed by atoms with Gasteiger partial charge < -0.3 is 10.2 Å². The summed E-state index contributed by atoms with van der Waals surface area (Å²) in [6, 6.07) is 0.127. The van der Waals surface area contributed by atoms with Gasteiger partial charge in [0.1, 0.15) is 5.82 Å². The van der Waals surface area contributed by atoms with Crippen molar-refractivity contribution in [2.45, 2.75) is 65.0 Å². The number of likely N-dealkylation sites (tertiary alicyclic amines) is 1. The molecule has 0 aliphatic carbocycles. The first-order valence-electron chi connectivity index (χ1n) is 6.98. The fourth-order valence-electron chi connectivity index (χ4n) is 2.21. The molecule has 1 saturated heterocycles. The summed E-state index contributed by atoms with van der Waals surface area (Å²) in [6.45, 7) is 13.2. The molecule has 0 aromatic carbocycles. The van der Waals surface area contributed by atoms with Crippen LogP contribution in [-0.2, 0) is 10.2 Å². The molecule has 1 atom stereocenters. The van der Waals surface area contributed by atoms with Crippen LogP contribution < -0.4 is 5.32 Å². The molecule has 0 bridgehead atoms. The van der Waals surface area contributed by atoms with Gasteiger partial charge in [0.2, 0.25) is 11.0 Å². The van der Waals surface area contributed by atoms with Crippen molar-refractivity contribution in [1.82, 2.24) is 14.3 Å². The number of carbonyl (C=O) groups is 1. The van der Waals surface area contributed by atoms with Crippen molar-refractivity contribution in [3.8, 4) is 0 Å². The van der Waals surface area contributed by atoms with Gasteiger partial charge in [0, 0.05) is 35.5 Å². The molecule has 112 valence electrons. The molecule has 1 aliphatic rings. The van der Waals surface area contributed by atoms with Crippen molar-refractivity contribution < 1.29 is 4.79 Å². The molecule has 2 rings (SSSR count). The molecule has 2 heterocycles. The molecule has 6 heteroatoms. The van der Waals surface area contributed by atoms with Crippen LogP contribution in [0.5, 0.6) is 0 Å². The maximum Gasteiger partial charge on any atom is 0.225 e. The first kappa shape index (κ1) is 15.2. The van der Waals surface area contributed by atoms with E-state index in [0.29, 0.717) is 6.42 Å². The minimum Gasteiger partial charge on any atom is -0.355 e. The average molecular weight is 296 g/mol. The number of nitrogens with one attached hydrogen (secondary N) is 1. The second-order valence-electron chi connectivity index (χ2n) is 7.39. The molecule has 1 N–H and O–H groups in total. The molecule has 20 heavy (non-hydrogen) atoms. The van der Waals surface area contributed by atoms with Crippen LogP contribution in [0.2, 0.25) is 0 Å². The monoisotopic (exact) mass is 296 g/mol. The molecule has 0 unspecified atom stereocenters. The van der Waals surface area contributed by atoms with Gasteiger partial charge >= 0.3 is 0 Å². The maximum absolute atomic E-state index is 12.0. The summed E-state index contributed by atoms with van der Waals surface area (Å²) in [5, 5.41) is 4.16. The second kappa shape index (κ2) is 4.98. The lowest BCUT2D eigenvalue weighted by atomic mass is 9.96. The number of hydrogen-bond donors (Lipinski definition) is 1. The van der Waals surface area contributed by atoms with Crippen LogP contribution in [0.4, 0.5) is 5.13 Å². The van der Waals surface area contributed by atoms with Crippen LogP contribution in [0.25, 0.3) is 0 Å². The van der Waals surface area contributed by atoms with Gasteiger partial charge in [0.05, 0.1) is 6.04 Å². The van der Waals surface area contributed by atoms with E-state index in [-0.39, 0.29) is 22.9 Å². The Labute approximate surface area is 124 Å². The minimum absolute atomic E-state index is 0.0423. The zero-order valence-electron chi connectivity index (χ0n) is 13.1. The van der Waals surface area contributed by atoms with Gasteiger partial charge in [-0.05, 0) is 20.8 Å². The van der Waals surface area contributed by atoms with E-state index in [1.54, 1.807) is 0 Å². The zero-order valence-corrected chi connectivity index (χ0v) is 14.0. The first-order chi connectivity index (χ1) is 9.07. The van der Waals surface area contributed by atoms with E-state index in [1.807, 2.05) is 4.90 Å². The quantitative estimate of drug-likeness (QED) is 0.911. The van der Waals surface area contributed by atoms with Crippen LogP contribution in [0, 0.1) is 0 Å². The number of anilines is 1. The van der Waals surface area contributed by atoms with E-state index in [1.165, 1.54) is 11.5 Å². The highest BCUT2D eigenvalue weighted by Gasteiger charge is 2.36. The van der Waals surface area contributed by atoms with Crippen LogP contribution in [0.1, 0.15) is 53.8 Å². The minimum atomic E-state index is -0.120. The summed E-state index contributed by atoms with van der Waals surface area (Å²) in [5.74, 6) is 1.05. The molecule has 0 radical (unpaired) electrons. The Morgan fingerprint density at radius 1 is 1.25 bits per heavy atom. The molecule has 1 aromatic rings. The third kappa shape index (κ3) is 3.29. The van der Waals surface area contributed by atoms with Gasteiger partial charge in [0.25, 0.3) is 0 Å². The van der Waals surface area contributed by atoms with E-state index in [0.717, 1.165) is 17.5 Å². The SMILES string of the molecule is CC(C)(C)c1nsc(N[C@H]2CC(=O)N(C(C)(C)C)C2)n1. The number of rotatable bonds is 2. The van der Waals surface area contributed by atoms with Crippen LogP contribution in [0.15, 0.2) is 0 Å². The lowest BCUT2D eigenvalue weighted by Gasteiger charge is -2.32. The number of aromatic nitrogens is 2. The van der Waals surface area contributed by atoms with Gasteiger partial charge in [0.15, 0.2) is 0 Å². The Balaban J connectivity index is 2.02. The Kier molecular flexibility index (Phi) is 3.79. The molecule has 0 saturated carbocycles. The van der Waals surface area contributed by atoms with E-state index in [9.17, 15) is 4.79 Å². The lowest BCUT2D eigenvalue weighted by molar-refractivity contribution is -0.131. The van der Waals surface area contributed by atoms with Crippen molar-refractivity contribution >= 4 is 22.6 Å². The molecule has 1 aliphatic heterocycles. The second-order valence-corrected chi connectivity index (χ2v) is 8.15. The van der Waals surface area contributed by atoms with Gasteiger partial charge in [-0.3, -0.25) is 4.79 Å². The molecule has 1 fully saturated rings. The molecular weight excluding hydrogens is 272 g/mol. The molecule has 1 aromatic heterocycles. The predicted octanol–water partition coefficient (Wildman–Crippen LogP) is 2.65.